The molecule has 1 amide bonds. The normalized spacial score (nSPS) is 14.4. The van der Waals surface area contributed by atoms with E-state index in [1.807, 2.05) is 43.0 Å². The molecule has 5 heteroatoms. The summed E-state index contributed by atoms with van der Waals surface area (Å²) in [4.78, 5) is 14.3. The number of rotatable bonds is 4. The highest BCUT2D eigenvalue weighted by atomic mass is 16.5. The number of likely N-dealkylation sites (tertiary alicyclic amines) is 1. The van der Waals surface area contributed by atoms with Gasteiger partial charge < -0.3 is 14.2 Å². The van der Waals surface area contributed by atoms with E-state index in [2.05, 4.69) is 5.16 Å². The van der Waals surface area contributed by atoms with Gasteiger partial charge in [0.1, 0.15) is 18.1 Å². The second-order valence-electron chi connectivity index (χ2n) is 5.62. The van der Waals surface area contributed by atoms with Crippen molar-refractivity contribution in [3.05, 3.63) is 46.8 Å². The molecule has 0 aliphatic carbocycles. The second-order valence-corrected chi connectivity index (χ2v) is 5.62. The lowest BCUT2D eigenvalue weighted by atomic mass is 10.2. The molecule has 1 aromatic carbocycles. The number of nitrogens with zero attached hydrogens (tertiary/aromatic N) is 2. The minimum atomic E-state index is -0.0577. The van der Waals surface area contributed by atoms with Crippen LogP contribution in [-0.2, 0) is 6.61 Å². The monoisotopic (exact) mass is 300 g/mol. The van der Waals surface area contributed by atoms with Crippen LogP contribution >= 0.6 is 0 Å². The van der Waals surface area contributed by atoms with Gasteiger partial charge in [0.05, 0.1) is 5.56 Å². The number of benzene rings is 1. The van der Waals surface area contributed by atoms with Crippen LogP contribution < -0.4 is 4.74 Å². The van der Waals surface area contributed by atoms with Crippen LogP contribution in [0.25, 0.3) is 0 Å². The Balaban J connectivity index is 1.77. The van der Waals surface area contributed by atoms with Crippen LogP contribution in [0.15, 0.2) is 28.8 Å². The zero-order valence-electron chi connectivity index (χ0n) is 13.0. The van der Waals surface area contributed by atoms with Crippen LogP contribution in [0.1, 0.15) is 40.2 Å². The number of amides is 1. The third-order valence-electron chi connectivity index (χ3n) is 4.05. The smallest absolute Gasteiger partial charge is 0.276 e. The van der Waals surface area contributed by atoms with Crippen molar-refractivity contribution in [2.24, 2.45) is 0 Å². The van der Waals surface area contributed by atoms with Crippen molar-refractivity contribution in [1.82, 2.24) is 10.1 Å². The number of aryl methyl sites for hydroxylation is 2. The third-order valence-corrected chi connectivity index (χ3v) is 4.05. The van der Waals surface area contributed by atoms with Crippen molar-refractivity contribution >= 4 is 5.91 Å². The van der Waals surface area contributed by atoms with E-state index in [9.17, 15) is 4.79 Å². The molecule has 0 saturated carbocycles. The molecule has 0 unspecified atom stereocenters. The summed E-state index contributed by atoms with van der Waals surface area (Å²) in [5, 5.41) is 3.95. The second kappa shape index (κ2) is 6.22. The van der Waals surface area contributed by atoms with Crippen LogP contribution in [0.5, 0.6) is 5.75 Å². The van der Waals surface area contributed by atoms with E-state index in [1.54, 1.807) is 0 Å². The van der Waals surface area contributed by atoms with Gasteiger partial charge in [-0.2, -0.15) is 0 Å². The maximum atomic E-state index is 12.5. The Morgan fingerprint density at radius 2 is 2.00 bits per heavy atom. The number of hydrogen-bond donors (Lipinski definition) is 0. The third kappa shape index (κ3) is 2.84. The molecule has 5 nitrogen and oxygen atoms in total. The van der Waals surface area contributed by atoms with Crippen LogP contribution in [0.4, 0.5) is 0 Å². The van der Waals surface area contributed by atoms with Crippen LogP contribution in [0, 0.1) is 13.8 Å². The fourth-order valence-corrected chi connectivity index (χ4v) is 2.67. The molecule has 1 aliphatic heterocycles. The molecule has 22 heavy (non-hydrogen) atoms. The Morgan fingerprint density at radius 1 is 1.27 bits per heavy atom. The molecule has 0 radical (unpaired) electrons. The minimum Gasteiger partial charge on any atom is -0.488 e. The van der Waals surface area contributed by atoms with Gasteiger partial charge in [-0.25, -0.2) is 0 Å². The predicted octanol–water partition coefficient (Wildman–Crippen LogP) is 3.11. The molecule has 1 fully saturated rings. The predicted molar refractivity (Wildman–Crippen MR) is 81.9 cm³/mol. The van der Waals surface area contributed by atoms with Crippen molar-refractivity contribution < 1.29 is 14.1 Å². The van der Waals surface area contributed by atoms with Crippen molar-refractivity contribution in [1.29, 1.82) is 0 Å². The number of carbonyl (C=O) groups is 1. The molecule has 1 aromatic heterocycles. The van der Waals surface area contributed by atoms with E-state index in [-0.39, 0.29) is 12.5 Å². The highest BCUT2D eigenvalue weighted by Gasteiger charge is 2.26. The van der Waals surface area contributed by atoms with Gasteiger partial charge in [0.15, 0.2) is 5.69 Å². The number of carbonyl (C=O) groups excluding carboxylic acids is 1. The summed E-state index contributed by atoms with van der Waals surface area (Å²) in [7, 11) is 0. The largest absolute Gasteiger partial charge is 0.488 e. The van der Waals surface area contributed by atoms with Crippen LogP contribution in [0.3, 0.4) is 0 Å². The summed E-state index contributed by atoms with van der Waals surface area (Å²) in [6, 6.07) is 7.81. The fourth-order valence-electron chi connectivity index (χ4n) is 2.67. The average molecular weight is 300 g/mol. The maximum Gasteiger partial charge on any atom is 0.276 e. The zero-order valence-corrected chi connectivity index (χ0v) is 13.0. The molecule has 1 saturated heterocycles. The molecular weight excluding hydrogens is 280 g/mol. The van der Waals surface area contributed by atoms with Gasteiger partial charge >= 0.3 is 0 Å². The van der Waals surface area contributed by atoms with Gasteiger partial charge in [0.25, 0.3) is 5.91 Å². The van der Waals surface area contributed by atoms with Gasteiger partial charge in [-0.05, 0) is 38.3 Å². The van der Waals surface area contributed by atoms with Gasteiger partial charge in [-0.15, -0.1) is 0 Å². The number of aromatic nitrogens is 1. The molecule has 0 bridgehead atoms. The van der Waals surface area contributed by atoms with E-state index < -0.39 is 0 Å². The topological polar surface area (TPSA) is 55.6 Å². The van der Waals surface area contributed by atoms with E-state index in [0.29, 0.717) is 11.5 Å². The number of ether oxygens (including phenoxy) is 1. The lowest BCUT2D eigenvalue weighted by Gasteiger charge is -2.14. The summed E-state index contributed by atoms with van der Waals surface area (Å²) in [5.74, 6) is 1.39. The van der Waals surface area contributed by atoms with E-state index >= 15 is 0 Å². The molecular formula is C17H20N2O3. The van der Waals surface area contributed by atoms with Gasteiger partial charge in [-0.3, -0.25) is 4.79 Å². The maximum absolute atomic E-state index is 12.5. The van der Waals surface area contributed by atoms with Crippen LogP contribution in [0.2, 0.25) is 0 Å². The first-order valence-electron chi connectivity index (χ1n) is 7.59. The summed E-state index contributed by atoms with van der Waals surface area (Å²) >= 11 is 0. The molecule has 0 N–H and O–H groups in total. The molecule has 1 aliphatic rings. The highest BCUT2D eigenvalue weighted by Crippen LogP contribution is 2.22. The Labute approximate surface area is 129 Å². The molecule has 0 atom stereocenters. The lowest BCUT2D eigenvalue weighted by Crippen LogP contribution is -2.28. The first kappa shape index (κ1) is 14.6. The first-order chi connectivity index (χ1) is 10.7. The lowest BCUT2D eigenvalue weighted by molar-refractivity contribution is 0.0780. The summed E-state index contributed by atoms with van der Waals surface area (Å²) in [6.45, 7) is 5.68. The van der Waals surface area contributed by atoms with E-state index in [4.69, 9.17) is 9.26 Å². The Bertz CT molecular complexity index is 672. The number of para-hydroxylation sites is 1. The van der Waals surface area contributed by atoms with Gasteiger partial charge in [-0.1, -0.05) is 23.4 Å². The van der Waals surface area contributed by atoms with E-state index in [1.165, 1.54) is 0 Å². The van der Waals surface area contributed by atoms with Crippen molar-refractivity contribution in [2.45, 2.75) is 33.3 Å². The quantitative estimate of drug-likeness (QED) is 0.870. The molecule has 2 heterocycles. The zero-order chi connectivity index (χ0) is 15.5. The summed E-state index contributed by atoms with van der Waals surface area (Å²) < 4.78 is 11.1. The van der Waals surface area contributed by atoms with Gasteiger partial charge in [0, 0.05) is 13.1 Å². The molecule has 0 spiro atoms. The highest BCUT2D eigenvalue weighted by molar-refractivity contribution is 5.94. The number of hydrogen-bond acceptors (Lipinski definition) is 4. The summed E-state index contributed by atoms with van der Waals surface area (Å²) in [5.41, 5.74) is 2.18. The van der Waals surface area contributed by atoms with Crippen molar-refractivity contribution in [2.75, 3.05) is 13.1 Å². The van der Waals surface area contributed by atoms with Gasteiger partial charge in [0.2, 0.25) is 0 Å². The fraction of sp³-hybridized carbons (Fsp3) is 0.412. The Hall–Kier alpha value is -2.30. The van der Waals surface area contributed by atoms with E-state index in [0.717, 1.165) is 42.8 Å². The summed E-state index contributed by atoms with van der Waals surface area (Å²) in [6.07, 6.45) is 2.11. The SMILES string of the molecule is Cc1ccccc1OCc1c(C(=O)N2CCCC2)noc1C. The van der Waals surface area contributed by atoms with Crippen LogP contribution in [-0.4, -0.2) is 29.1 Å². The van der Waals surface area contributed by atoms with Crippen molar-refractivity contribution in [3.8, 4) is 5.75 Å². The first-order valence-corrected chi connectivity index (χ1v) is 7.59. The minimum absolute atomic E-state index is 0.0577. The standard InChI is InChI=1S/C17H20N2O3/c1-12-7-3-4-8-15(12)21-11-14-13(2)22-18-16(14)17(20)19-9-5-6-10-19/h3-4,7-8H,5-6,9-11H2,1-2H3. The Kier molecular flexibility index (Phi) is 4.13. The molecule has 116 valence electrons. The molecule has 2 aromatic rings. The Morgan fingerprint density at radius 3 is 2.73 bits per heavy atom. The van der Waals surface area contributed by atoms with Crippen molar-refractivity contribution in [3.63, 3.8) is 0 Å². The molecule has 3 rings (SSSR count). The average Bonchev–Trinajstić information content (AvgIpc) is 3.16.